The molecule has 88 valence electrons. The fraction of sp³-hybridized carbons (Fsp3) is 0.909. The Morgan fingerprint density at radius 3 is 2.87 bits per heavy atom. The Hall–Kier alpha value is -0.610. The molecule has 3 atom stereocenters. The highest BCUT2D eigenvalue weighted by molar-refractivity contribution is 5.81. The molecular formula is C11H22N2O2. The van der Waals surface area contributed by atoms with Crippen LogP contribution in [0.5, 0.6) is 0 Å². The zero-order valence-electron chi connectivity index (χ0n) is 9.66. The molecule has 1 fully saturated rings. The fourth-order valence-electron chi connectivity index (χ4n) is 2.30. The Morgan fingerprint density at radius 1 is 1.60 bits per heavy atom. The van der Waals surface area contributed by atoms with Crippen LogP contribution in [0.2, 0.25) is 0 Å². The minimum absolute atomic E-state index is 0.0645. The number of rotatable bonds is 5. The molecule has 4 nitrogen and oxygen atoms in total. The van der Waals surface area contributed by atoms with Crippen LogP contribution in [0.25, 0.3) is 0 Å². The molecule has 4 heteroatoms. The van der Waals surface area contributed by atoms with Gasteiger partial charge in [0.1, 0.15) is 6.10 Å². The predicted molar refractivity (Wildman–Crippen MR) is 59.4 cm³/mol. The maximum atomic E-state index is 11.7. The van der Waals surface area contributed by atoms with Gasteiger partial charge in [0, 0.05) is 19.7 Å². The molecule has 0 radical (unpaired) electrons. The predicted octanol–water partition coefficient (Wildman–Crippen LogP) is 0.655. The van der Waals surface area contributed by atoms with Crippen LogP contribution in [0.1, 0.15) is 32.6 Å². The van der Waals surface area contributed by atoms with Gasteiger partial charge in [0.25, 0.3) is 5.91 Å². The van der Waals surface area contributed by atoms with E-state index in [-0.39, 0.29) is 12.5 Å². The van der Waals surface area contributed by atoms with E-state index in [1.54, 1.807) is 0 Å². The van der Waals surface area contributed by atoms with Crippen LogP contribution in [0.3, 0.4) is 0 Å². The molecule has 0 heterocycles. The first-order chi connectivity index (χ1) is 7.22. The summed E-state index contributed by atoms with van der Waals surface area (Å²) in [6.07, 6.45) is 4.16. The molecule has 0 aromatic rings. The molecule has 1 amide bonds. The van der Waals surface area contributed by atoms with Crippen LogP contribution < -0.4 is 11.1 Å². The van der Waals surface area contributed by atoms with Crippen molar-refractivity contribution in [3.8, 4) is 0 Å². The molecule has 3 N–H and O–H groups in total. The largest absolute Gasteiger partial charge is 0.370 e. The molecule has 0 saturated heterocycles. The van der Waals surface area contributed by atoms with Crippen molar-refractivity contribution in [2.45, 2.75) is 44.8 Å². The van der Waals surface area contributed by atoms with Crippen LogP contribution in [0.4, 0.5) is 0 Å². The number of nitrogens with two attached hydrogens (primary N) is 1. The van der Waals surface area contributed by atoms with Crippen molar-refractivity contribution in [2.24, 2.45) is 11.7 Å². The van der Waals surface area contributed by atoms with Crippen molar-refractivity contribution in [3.05, 3.63) is 0 Å². The van der Waals surface area contributed by atoms with Gasteiger partial charge >= 0.3 is 0 Å². The Kier molecular flexibility index (Phi) is 5.05. The second kappa shape index (κ2) is 6.08. The molecular weight excluding hydrogens is 192 g/mol. The molecule has 1 saturated carbocycles. The number of nitrogens with one attached hydrogen (secondary N) is 1. The van der Waals surface area contributed by atoms with Crippen molar-refractivity contribution in [1.29, 1.82) is 0 Å². The molecule has 0 aromatic heterocycles. The first-order valence-corrected chi connectivity index (χ1v) is 5.76. The van der Waals surface area contributed by atoms with Gasteiger partial charge in [-0.05, 0) is 18.8 Å². The molecule has 1 rings (SSSR count). The summed E-state index contributed by atoms with van der Waals surface area (Å²) in [5.41, 5.74) is 5.44. The van der Waals surface area contributed by atoms with E-state index in [0.717, 1.165) is 12.8 Å². The summed E-state index contributed by atoms with van der Waals surface area (Å²) >= 11 is 0. The lowest BCUT2D eigenvalue weighted by Gasteiger charge is -2.22. The minimum atomic E-state index is -0.497. The zero-order valence-corrected chi connectivity index (χ0v) is 9.66. The average Bonchev–Trinajstić information content (AvgIpc) is 2.67. The third-order valence-corrected chi connectivity index (χ3v) is 3.30. The second-order valence-electron chi connectivity index (χ2n) is 4.17. The number of hydrogen-bond donors (Lipinski definition) is 2. The quantitative estimate of drug-likeness (QED) is 0.706. The lowest BCUT2D eigenvalue weighted by molar-refractivity contribution is -0.131. The smallest absolute Gasteiger partial charge is 0.250 e. The second-order valence-corrected chi connectivity index (χ2v) is 4.17. The lowest BCUT2D eigenvalue weighted by atomic mass is 10.0. The Labute approximate surface area is 91.5 Å². The molecule has 1 aliphatic rings. The van der Waals surface area contributed by atoms with Crippen LogP contribution in [-0.2, 0) is 9.53 Å². The lowest BCUT2D eigenvalue weighted by Crippen LogP contribution is -2.46. The SMILES string of the molecule is CCC1CCCC1NC(=O)C(CN)OC. The summed E-state index contributed by atoms with van der Waals surface area (Å²) in [6.45, 7) is 2.41. The Morgan fingerprint density at radius 2 is 2.33 bits per heavy atom. The molecule has 0 aromatic carbocycles. The summed E-state index contributed by atoms with van der Waals surface area (Å²) in [5.74, 6) is 0.564. The minimum Gasteiger partial charge on any atom is -0.370 e. The molecule has 0 spiro atoms. The van der Waals surface area contributed by atoms with E-state index in [0.29, 0.717) is 12.0 Å². The fourth-order valence-corrected chi connectivity index (χ4v) is 2.30. The third kappa shape index (κ3) is 3.18. The number of methoxy groups -OCH3 is 1. The van der Waals surface area contributed by atoms with Crippen LogP contribution in [0.15, 0.2) is 0 Å². The highest BCUT2D eigenvalue weighted by Crippen LogP contribution is 2.28. The standard InChI is InChI=1S/C11H22N2O2/c1-3-8-5-4-6-9(8)13-11(14)10(7-12)15-2/h8-10H,3-7,12H2,1-2H3,(H,13,14). The van der Waals surface area contributed by atoms with Gasteiger partial charge in [-0.3, -0.25) is 4.79 Å². The normalized spacial score (nSPS) is 27.7. The van der Waals surface area contributed by atoms with Gasteiger partial charge in [-0.2, -0.15) is 0 Å². The molecule has 0 aliphatic heterocycles. The van der Waals surface area contributed by atoms with E-state index in [1.807, 2.05) is 0 Å². The van der Waals surface area contributed by atoms with Crippen LogP contribution in [0, 0.1) is 5.92 Å². The Bertz CT molecular complexity index is 205. The van der Waals surface area contributed by atoms with Crippen molar-refractivity contribution < 1.29 is 9.53 Å². The van der Waals surface area contributed by atoms with Crippen LogP contribution >= 0.6 is 0 Å². The van der Waals surface area contributed by atoms with Gasteiger partial charge in [-0.15, -0.1) is 0 Å². The Balaban J connectivity index is 2.42. The maximum absolute atomic E-state index is 11.7. The van der Waals surface area contributed by atoms with E-state index in [9.17, 15) is 4.79 Å². The molecule has 15 heavy (non-hydrogen) atoms. The summed E-state index contributed by atoms with van der Waals surface area (Å²) in [4.78, 5) is 11.7. The molecule has 3 unspecified atom stereocenters. The molecule has 0 bridgehead atoms. The maximum Gasteiger partial charge on any atom is 0.250 e. The zero-order chi connectivity index (χ0) is 11.3. The third-order valence-electron chi connectivity index (χ3n) is 3.30. The number of carbonyl (C=O) groups excluding carboxylic acids is 1. The van der Waals surface area contributed by atoms with Crippen molar-refractivity contribution in [3.63, 3.8) is 0 Å². The number of carbonyl (C=O) groups is 1. The number of ether oxygens (including phenoxy) is 1. The summed E-state index contributed by atoms with van der Waals surface area (Å²) < 4.78 is 5.00. The van der Waals surface area contributed by atoms with Gasteiger partial charge < -0.3 is 15.8 Å². The topological polar surface area (TPSA) is 64.4 Å². The monoisotopic (exact) mass is 214 g/mol. The highest BCUT2D eigenvalue weighted by atomic mass is 16.5. The van der Waals surface area contributed by atoms with Crippen molar-refractivity contribution in [1.82, 2.24) is 5.32 Å². The van der Waals surface area contributed by atoms with Crippen LogP contribution in [-0.4, -0.2) is 31.7 Å². The van der Waals surface area contributed by atoms with E-state index < -0.39 is 6.10 Å². The van der Waals surface area contributed by atoms with Crippen molar-refractivity contribution in [2.75, 3.05) is 13.7 Å². The highest BCUT2D eigenvalue weighted by Gasteiger charge is 2.28. The number of hydrogen-bond acceptors (Lipinski definition) is 3. The first-order valence-electron chi connectivity index (χ1n) is 5.76. The van der Waals surface area contributed by atoms with Crippen molar-refractivity contribution >= 4 is 5.91 Å². The van der Waals surface area contributed by atoms with E-state index in [1.165, 1.54) is 20.0 Å². The van der Waals surface area contributed by atoms with Gasteiger partial charge in [-0.1, -0.05) is 19.8 Å². The van der Waals surface area contributed by atoms with Gasteiger partial charge in [0.15, 0.2) is 0 Å². The van der Waals surface area contributed by atoms with E-state index >= 15 is 0 Å². The summed E-state index contributed by atoms with van der Waals surface area (Å²) in [5, 5.41) is 3.04. The number of amides is 1. The van der Waals surface area contributed by atoms with Gasteiger partial charge in [-0.25, -0.2) is 0 Å². The van der Waals surface area contributed by atoms with Gasteiger partial charge in [0.2, 0.25) is 0 Å². The summed E-state index contributed by atoms with van der Waals surface area (Å²) in [6, 6.07) is 0.326. The van der Waals surface area contributed by atoms with Gasteiger partial charge in [0.05, 0.1) is 0 Å². The van der Waals surface area contributed by atoms with E-state index in [4.69, 9.17) is 10.5 Å². The first kappa shape index (κ1) is 12.5. The van der Waals surface area contributed by atoms with E-state index in [2.05, 4.69) is 12.2 Å². The average molecular weight is 214 g/mol. The summed E-state index contributed by atoms with van der Waals surface area (Å²) in [7, 11) is 1.52. The molecule has 1 aliphatic carbocycles.